The summed E-state index contributed by atoms with van der Waals surface area (Å²) in [5, 5.41) is 3.42. The first-order valence-corrected chi connectivity index (χ1v) is 12.9. The molecule has 3 heterocycles. The van der Waals surface area contributed by atoms with Crippen molar-refractivity contribution in [2.45, 2.75) is 31.9 Å². The van der Waals surface area contributed by atoms with Crippen LogP contribution in [-0.4, -0.2) is 46.3 Å². The molecule has 0 spiro atoms. The van der Waals surface area contributed by atoms with Crippen LogP contribution in [0.2, 0.25) is 0 Å². The van der Waals surface area contributed by atoms with E-state index in [2.05, 4.69) is 27.1 Å². The highest BCUT2D eigenvalue weighted by Gasteiger charge is 2.16. The molecule has 1 amide bonds. The summed E-state index contributed by atoms with van der Waals surface area (Å²) in [6.07, 6.45) is 7.36. The van der Waals surface area contributed by atoms with Gasteiger partial charge in [0.05, 0.1) is 31.0 Å². The minimum absolute atomic E-state index is 0.0101. The van der Waals surface area contributed by atoms with Crippen LogP contribution >= 0.6 is 0 Å². The number of amides is 1. The van der Waals surface area contributed by atoms with Gasteiger partial charge in [0.25, 0.3) is 11.5 Å². The maximum absolute atomic E-state index is 13.5. The quantitative estimate of drug-likeness (QED) is 0.355. The second kappa shape index (κ2) is 12.5. The molecule has 1 saturated heterocycles. The van der Waals surface area contributed by atoms with E-state index in [-0.39, 0.29) is 24.8 Å². The minimum Gasteiger partial charge on any atom is -0.490 e. The Morgan fingerprint density at radius 2 is 2.05 bits per heavy atom. The van der Waals surface area contributed by atoms with Gasteiger partial charge in [-0.3, -0.25) is 19.1 Å². The summed E-state index contributed by atoms with van der Waals surface area (Å²) in [6, 6.07) is 10.7. The summed E-state index contributed by atoms with van der Waals surface area (Å²) in [5.74, 6) is 3.94. The summed E-state index contributed by atoms with van der Waals surface area (Å²) in [7, 11) is 0. The van der Waals surface area contributed by atoms with Crippen LogP contribution in [0, 0.1) is 23.5 Å². The number of fused-ring (bicyclic) bond motifs is 1. The van der Waals surface area contributed by atoms with Crippen molar-refractivity contribution < 1.29 is 23.0 Å². The Hall–Kier alpha value is -4.62. The number of nitrogens with zero attached hydrogens (tertiary/aromatic N) is 3. The Morgan fingerprint density at radius 1 is 1.15 bits per heavy atom. The van der Waals surface area contributed by atoms with E-state index in [4.69, 9.17) is 9.47 Å². The molecule has 0 aliphatic carbocycles. The average Bonchev–Trinajstić information content (AvgIpc) is 2.97. The molecule has 1 aliphatic heterocycles. The van der Waals surface area contributed by atoms with E-state index in [1.807, 2.05) is 24.3 Å². The van der Waals surface area contributed by atoms with Crippen molar-refractivity contribution in [1.29, 1.82) is 0 Å². The van der Waals surface area contributed by atoms with Crippen LogP contribution in [0.1, 0.15) is 40.7 Å². The normalized spacial score (nSPS) is 14.8. The number of carbonyl (C=O) groups is 1. The van der Waals surface area contributed by atoms with Crippen molar-refractivity contribution in [1.82, 2.24) is 19.9 Å². The summed E-state index contributed by atoms with van der Waals surface area (Å²) < 4.78 is 39.7. The highest BCUT2D eigenvalue weighted by molar-refractivity contribution is 5.93. The number of hydrogen-bond donors (Lipinski definition) is 1. The first-order valence-electron chi connectivity index (χ1n) is 12.9. The zero-order valence-electron chi connectivity index (χ0n) is 21.5. The molecule has 1 unspecified atom stereocenters. The van der Waals surface area contributed by atoms with Crippen LogP contribution in [0.15, 0.2) is 66.0 Å². The highest BCUT2D eigenvalue weighted by atomic mass is 19.2. The lowest BCUT2D eigenvalue weighted by Gasteiger charge is -2.22. The second-order valence-corrected chi connectivity index (χ2v) is 9.31. The lowest BCUT2D eigenvalue weighted by molar-refractivity contribution is -0.0107. The topological polar surface area (TPSA) is 95.3 Å². The molecule has 4 aromatic rings. The largest absolute Gasteiger partial charge is 0.490 e. The summed E-state index contributed by atoms with van der Waals surface area (Å²) >= 11 is 0. The Morgan fingerprint density at radius 3 is 2.88 bits per heavy atom. The molecule has 40 heavy (non-hydrogen) atoms. The lowest BCUT2D eigenvalue weighted by Crippen LogP contribution is -2.33. The van der Waals surface area contributed by atoms with Crippen molar-refractivity contribution in [3.8, 4) is 17.6 Å². The van der Waals surface area contributed by atoms with Crippen molar-refractivity contribution >= 4 is 16.8 Å². The molecule has 1 fully saturated rings. The van der Waals surface area contributed by atoms with Gasteiger partial charge in [0, 0.05) is 30.0 Å². The SMILES string of the molecule is O=C(NCC#Cc1ccc2nccc(OCC3CCCCO3)c2c1)c1cncn(Cc2ccc(F)c(F)c2)c1=O. The fourth-order valence-electron chi connectivity index (χ4n) is 4.37. The number of nitrogens with one attached hydrogen (secondary N) is 1. The molecule has 1 N–H and O–H groups in total. The number of hydrogen-bond acceptors (Lipinski definition) is 6. The smallest absolute Gasteiger partial charge is 0.266 e. The maximum Gasteiger partial charge on any atom is 0.266 e. The van der Waals surface area contributed by atoms with E-state index in [1.165, 1.54) is 12.4 Å². The zero-order valence-corrected chi connectivity index (χ0v) is 21.5. The van der Waals surface area contributed by atoms with Crippen LogP contribution in [0.25, 0.3) is 10.9 Å². The molecular formula is C30H26F2N4O4. The van der Waals surface area contributed by atoms with Gasteiger partial charge >= 0.3 is 0 Å². The van der Waals surface area contributed by atoms with Gasteiger partial charge in [-0.25, -0.2) is 13.8 Å². The highest BCUT2D eigenvalue weighted by Crippen LogP contribution is 2.26. The molecule has 10 heteroatoms. The maximum atomic E-state index is 13.5. The number of rotatable bonds is 7. The number of benzene rings is 2. The first-order chi connectivity index (χ1) is 19.5. The number of pyridine rings is 1. The molecule has 0 radical (unpaired) electrons. The van der Waals surface area contributed by atoms with Crippen LogP contribution in [0.4, 0.5) is 8.78 Å². The van der Waals surface area contributed by atoms with Gasteiger partial charge in [-0.15, -0.1) is 0 Å². The predicted molar refractivity (Wildman–Crippen MR) is 144 cm³/mol. The zero-order chi connectivity index (χ0) is 27.9. The molecule has 204 valence electrons. The van der Waals surface area contributed by atoms with Gasteiger partial charge in [-0.2, -0.15) is 0 Å². The van der Waals surface area contributed by atoms with E-state index >= 15 is 0 Å². The van der Waals surface area contributed by atoms with E-state index in [0.717, 1.165) is 59.7 Å². The van der Waals surface area contributed by atoms with Gasteiger partial charge in [0.1, 0.15) is 17.9 Å². The molecule has 2 aromatic carbocycles. The Balaban J connectivity index is 1.23. The van der Waals surface area contributed by atoms with Crippen LogP contribution in [0.5, 0.6) is 5.75 Å². The average molecular weight is 545 g/mol. The minimum atomic E-state index is -1.02. The van der Waals surface area contributed by atoms with E-state index < -0.39 is 23.1 Å². The lowest BCUT2D eigenvalue weighted by atomic mass is 10.1. The summed E-state index contributed by atoms with van der Waals surface area (Å²) in [6.45, 7) is 1.15. The first kappa shape index (κ1) is 27.0. The Labute approximate surface area is 229 Å². The molecule has 0 bridgehead atoms. The third-order valence-electron chi connectivity index (χ3n) is 6.45. The monoisotopic (exact) mass is 544 g/mol. The van der Waals surface area contributed by atoms with Crippen molar-refractivity contribution in [3.63, 3.8) is 0 Å². The van der Waals surface area contributed by atoms with Crippen molar-refractivity contribution in [2.24, 2.45) is 0 Å². The number of carbonyl (C=O) groups excluding carboxylic acids is 1. The van der Waals surface area contributed by atoms with E-state index in [9.17, 15) is 18.4 Å². The van der Waals surface area contributed by atoms with Crippen molar-refractivity contribution in [3.05, 3.63) is 99.9 Å². The van der Waals surface area contributed by atoms with Crippen LogP contribution in [-0.2, 0) is 11.3 Å². The van der Waals surface area contributed by atoms with Crippen molar-refractivity contribution in [2.75, 3.05) is 19.8 Å². The molecular weight excluding hydrogens is 518 g/mol. The number of ether oxygens (including phenoxy) is 2. The predicted octanol–water partition coefficient (Wildman–Crippen LogP) is 3.85. The second-order valence-electron chi connectivity index (χ2n) is 9.31. The molecule has 1 atom stereocenters. The fraction of sp³-hybridized carbons (Fsp3) is 0.267. The van der Waals surface area contributed by atoms with Crippen LogP contribution < -0.4 is 15.6 Å². The standard InChI is InChI=1S/C30H26F2N4O4/c31-25-8-6-21(15-26(25)32)17-36-19-33-16-24(30(36)38)29(37)35-11-3-4-20-7-9-27-23(14-20)28(10-12-34-27)40-18-22-5-1-2-13-39-22/h6-10,12,14-16,19,22H,1-2,5,11,13,17-18H2,(H,35,37). The summed E-state index contributed by atoms with van der Waals surface area (Å²) in [4.78, 5) is 33.7. The molecule has 2 aromatic heterocycles. The molecule has 5 rings (SSSR count). The fourth-order valence-corrected chi connectivity index (χ4v) is 4.37. The van der Waals surface area contributed by atoms with E-state index in [0.29, 0.717) is 23.5 Å². The number of halogens is 2. The number of aromatic nitrogens is 3. The Kier molecular flexibility index (Phi) is 8.42. The van der Waals surface area contributed by atoms with Gasteiger partial charge in [0.2, 0.25) is 0 Å². The van der Waals surface area contributed by atoms with Gasteiger partial charge < -0.3 is 14.8 Å². The Bertz CT molecular complexity index is 1660. The summed E-state index contributed by atoms with van der Waals surface area (Å²) in [5.41, 5.74) is 1.04. The van der Waals surface area contributed by atoms with Gasteiger partial charge in [-0.1, -0.05) is 17.9 Å². The molecule has 1 aliphatic rings. The van der Waals surface area contributed by atoms with Gasteiger partial charge in [0.15, 0.2) is 11.6 Å². The van der Waals surface area contributed by atoms with Gasteiger partial charge in [-0.05, 0) is 61.2 Å². The van der Waals surface area contributed by atoms with E-state index in [1.54, 1.807) is 6.20 Å². The third kappa shape index (κ3) is 6.50. The molecule has 0 saturated carbocycles. The third-order valence-corrected chi connectivity index (χ3v) is 6.45. The molecule has 8 nitrogen and oxygen atoms in total. The van der Waals surface area contributed by atoms with Crippen LogP contribution in [0.3, 0.4) is 0 Å².